The molecule has 3 aliphatic heterocycles. The molecule has 3 saturated heterocycles. The molecule has 0 amide bonds. The topological polar surface area (TPSA) is 114 Å². The van der Waals surface area contributed by atoms with Crippen molar-refractivity contribution in [3.05, 3.63) is 23.8 Å². The number of nitrogens with one attached hydrogen (secondary N) is 1. The van der Waals surface area contributed by atoms with E-state index in [9.17, 15) is 15.8 Å². The van der Waals surface area contributed by atoms with E-state index in [-0.39, 0.29) is 5.90 Å². The molecule has 144 valence electrons. The summed E-state index contributed by atoms with van der Waals surface area (Å²) in [4.78, 5) is 0. The smallest absolute Gasteiger partial charge is 0.218 e. The summed E-state index contributed by atoms with van der Waals surface area (Å²) in [6.07, 6.45) is 6.47. The molecule has 0 aromatic rings. The molecular formula is C22H24N4O2. The van der Waals surface area contributed by atoms with E-state index in [1.165, 1.54) is 0 Å². The summed E-state index contributed by atoms with van der Waals surface area (Å²) in [6.45, 7) is 6.06. The molecule has 2 bridgehead atoms. The van der Waals surface area contributed by atoms with Crippen molar-refractivity contribution in [2.24, 2.45) is 22.7 Å². The summed E-state index contributed by atoms with van der Waals surface area (Å²) in [6, 6.07) is 6.55. The van der Waals surface area contributed by atoms with Crippen LogP contribution in [0.2, 0.25) is 0 Å². The van der Waals surface area contributed by atoms with Gasteiger partial charge in [-0.05, 0) is 50.5 Å². The van der Waals surface area contributed by atoms with Gasteiger partial charge in [0.05, 0.1) is 24.1 Å². The summed E-state index contributed by atoms with van der Waals surface area (Å²) in [5, 5.41) is 39.2. The molecule has 1 N–H and O–H groups in total. The van der Waals surface area contributed by atoms with Crippen LogP contribution in [0, 0.1) is 62.1 Å². The zero-order valence-electron chi connectivity index (χ0n) is 16.1. The number of allylic oxidation sites excluding steroid dienone is 2. The highest BCUT2D eigenvalue weighted by Crippen LogP contribution is 2.67. The van der Waals surface area contributed by atoms with Crippen LogP contribution in [0.3, 0.4) is 0 Å². The SMILES string of the molecule is C=C(C)[C@@H]1CC=C([C@@H]2O[C@@]34CCCC[C@H]3C(C#N)(C#N)[C@@]2(C#N)C(=N)O4)CC1. The molecule has 6 nitrogen and oxygen atoms in total. The van der Waals surface area contributed by atoms with Crippen molar-refractivity contribution in [2.45, 2.75) is 63.8 Å². The molecule has 3 heterocycles. The minimum Gasteiger partial charge on any atom is -0.447 e. The Morgan fingerprint density at radius 3 is 2.54 bits per heavy atom. The molecule has 5 atom stereocenters. The molecule has 0 unspecified atom stereocenters. The van der Waals surface area contributed by atoms with Gasteiger partial charge in [0.25, 0.3) is 0 Å². The number of fused-ring (bicyclic) bond motifs is 2. The normalized spacial score (nSPS) is 40.7. The molecule has 5 aliphatic rings. The van der Waals surface area contributed by atoms with Gasteiger partial charge in [0.15, 0.2) is 10.8 Å². The van der Waals surface area contributed by atoms with Crippen LogP contribution in [-0.4, -0.2) is 17.8 Å². The zero-order valence-corrected chi connectivity index (χ0v) is 16.1. The van der Waals surface area contributed by atoms with Crippen LogP contribution in [0.25, 0.3) is 0 Å². The molecule has 1 saturated carbocycles. The summed E-state index contributed by atoms with van der Waals surface area (Å²) in [5.74, 6) is -1.58. The lowest BCUT2D eigenvalue weighted by Crippen LogP contribution is -2.76. The Bertz CT molecular complexity index is 887. The molecule has 6 heteroatoms. The lowest BCUT2D eigenvalue weighted by atomic mass is 9.48. The van der Waals surface area contributed by atoms with E-state index in [2.05, 4.69) is 30.9 Å². The lowest BCUT2D eigenvalue weighted by molar-refractivity contribution is -0.350. The second-order valence-electron chi connectivity index (χ2n) is 8.59. The summed E-state index contributed by atoms with van der Waals surface area (Å²) >= 11 is 0. The predicted molar refractivity (Wildman–Crippen MR) is 100 cm³/mol. The molecule has 28 heavy (non-hydrogen) atoms. The molecule has 5 rings (SSSR count). The van der Waals surface area contributed by atoms with Crippen molar-refractivity contribution in [3.63, 3.8) is 0 Å². The van der Waals surface area contributed by atoms with Crippen LogP contribution >= 0.6 is 0 Å². The van der Waals surface area contributed by atoms with E-state index >= 15 is 0 Å². The quantitative estimate of drug-likeness (QED) is 0.728. The first-order chi connectivity index (χ1) is 13.4. The van der Waals surface area contributed by atoms with Crippen LogP contribution in [0.4, 0.5) is 0 Å². The summed E-state index contributed by atoms with van der Waals surface area (Å²) in [5.41, 5.74) is -1.35. The fraction of sp³-hybridized carbons (Fsp3) is 0.636. The maximum atomic E-state index is 10.3. The van der Waals surface area contributed by atoms with Gasteiger partial charge in [-0.25, -0.2) is 0 Å². The maximum Gasteiger partial charge on any atom is 0.218 e. The van der Waals surface area contributed by atoms with Gasteiger partial charge in [-0.2, -0.15) is 15.8 Å². The van der Waals surface area contributed by atoms with Gasteiger partial charge >= 0.3 is 0 Å². The molecule has 0 aromatic heterocycles. The summed E-state index contributed by atoms with van der Waals surface area (Å²) < 4.78 is 12.4. The van der Waals surface area contributed by atoms with Crippen molar-refractivity contribution in [3.8, 4) is 18.2 Å². The fourth-order valence-electron chi connectivity index (χ4n) is 5.72. The first kappa shape index (κ1) is 18.7. The Hall–Kier alpha value is -2.62. The fourth-order valence-corrected chi connectivity index (χ4v) is 5.72. The van der Waals surface area contributed by atoms with Crippen molar-refractivity contribution < 1.29 is 9.47 Å². The first-order valence-electron chi connectivity index (χ1n) is 9.94. The lowest BCUT2D eigenvalue weighted by Gasteiger charge is -2.64. The number of ether oxygens (including phenoxy) is 2. The van der Waals surface area contributed by atoms with Crippen LogP contribution < -0.4 is 0 Å². The zero-order chi connectivity index (χ0) is 20.2. The third kappa shape index (κ3) is 2.06. The maximum absolute atomic E-state index is 10.3. The number of nitriles is 3. The first-order valence-corrected chi connectivity index (χ1v) is 9.94. The van der Waals surface area contributed by atoms with E-state index < -0.39 is 28.6 Å². The standard InChI is InChI=1S/C22H24N4O2/c1-14(2)15-6-8-16(9-7-15)18-21(13-25)19(26)28-22(27-18)10-4-3-5-17(22)20(21,11-23)12-24/h8,15,17-18,26H,1,3-7,9-10H2,2H3/t15-,17+,18+,21-,22-/m1/s1. The van der Waals surface area contributed by atoms with Crippen LogP contribution in [0.5, 0.6) is 0 Å². The minimum absolute atomic E-state index is 0.282. The number of hydrogen-bond acceptors (Lipinski definition) is 6. The van der Waals surface area contributed by atoms with Gasteiger partial charge < -0.3 is 9.47 Å². The average Bonchev–Trinajstić information content (AvgIpc) is 2.72. The van der Waals surface area contributed by atoms with Gasteiger partial charge in [-0.15, -0.1) is 0 Å². The van der Waals surface area contributed by atoms with Gasteiger partial charge in [-0.3, -0.25) is 5.41 Å². The highest BCUT2D eigenvalue weighted by atomic mass is 16.7. The van der Waals surface area contributed by atoms with Gasteiger partial charge in [0.2, 0.25) is 11.7 Å². The second-order valence-corrected chi connectivity index (χ2v) is 8.59. The van der Waals surface area contributed by atoms with Crippen molar-refractivity contribution in [1.82, 2.24) is 0 Å². The van der Waals surface area contributed by atoms with Crippen LogP contribution in [0.15, 0.2) is 23.8 Å². The predicted octanol–water partition coefficient (Wildman–Crippen LogP) is 4.13. The minimum atomic E-state index is -1.73. The van der Waals surface area contributed by atoms with Gasteiger partial charge in [-0.1, -0.05) is 24.6 Å². The van der Waals surface area contributed by atoms with E-state index in [1.54, 1.807) is 0 Å². The van der Waals surface area contributed by atoms with Gasteiger partial charge in [0, 0.05) is 6.42 Å². The van der Waals surface area contributed by atoms with E-state index in [0.717, 1.165) is 36.8 Å². The Morgan fingerprint density at radius 1 is 1.21 bits per heavy atom. The Balaban J connectivity index is 1.87. The average molecular weight is 376 g/mol. The summed E-state index contributed by atoms with van der Waals surface area (Å²) in [7, 11) is 0. The molecule has 2 aliphatic carbocycles. The molecular weight excluding hydrogens is 352 g/mol. The van der Waals surface area contributed by atoms with E-state index in [0.29, 0.717) is 25.2 Å². The Morgan fingerprint density at radius 2 is 1.96 bits per heavy atom. The number of nitrogens with zero attached hydrogens (tertiary/aromatic N) is 3. The van der Waals surface area contributed by atoms with Gasteiger partial charge in [0.1, 0.15) is 6.10 Å². The second kappa shape index (κ2) is 6.20. The van der Waals surface area contributed by atoms with Crippen LogP contribution in [0.1, 0.15) is 51.9 Å². The molecule has 0 aromatic carbocycles. The van der Waals surface area contributed by atoms with Crippen LogP contribution in [-0.2, 0) is 9.47 Å². The molecule has 0 radical (unpaired) electrons. The Labute approximate surface area is 165 Å². The van der Waals surface area contributed by atoms with E-state index in [1.807, 2.05) is 6.92 Å². The third-order valence-electron chi connectivity index (χ3n) is 7.30. The highest BCUT2D eigenvalue weighted by Gasteiger charge is 2.80. The van der Waals surface area contributed by atoms with E-state index in [4.69, 9.17) is 14.9 Å². The van der Waals surface area contributed by atoms with Crippen molar-refractivity contribution in [1.29, 1.82) is 21.2 Å². The molecule has 1 spiro atoms. The Kier molecular flexibility index (Phi) is 4.14. The number of rotatable bonds is 2. The number of hydrogen-bond donors (Lipinski definition) is 1. The van der Waals surface area contributed by atoms with Crippen molar-refractivity contribution >= 4 is 5.90 Å². The third-order valence-corrected chi connectivity index (χ3v) is 7.30. The largest absolute Gasteiger partial charge is 0.447 e. The highest BCUT2D eigenvalue weighted by molar-refractivity contribution is 5.89. The van der Waals surface area contributed by atoms with Crippen molar-refractivity contribution in [2.75, 3.05) is 0 Å². The molecule has 4 fully saturated rings. The monoisotopic (exact) mass is 376 g/mol.